The van der Waals surface area contributed by atoms with Crippen LogP contribution >= 0.6 is 11.3 Å². The molecule has 156 valence electrons. The van der Waals surface area contributed by atoms with Crippen molar-refractivity contribution in [1.29, 1.82) is 0 Å². The molecular weight excluding hydrogens is 409 g/mol. The maximum Gasteiger partial charge on any atom is 0.416 e. The number of aliphatic hydroxyl groups excluding tert-OH is 1. The standard InChI is InChI=1S/C19H19F3N2O4S/c20-19(21,22)12-2-1-3-14(8-12)28-10-13(25)9-23-18(27)15-6-7-16(29-15)24-17(26)11-4-5-11/h1-3,6-8,11,13,25H,4-5,9-10H2,(H,23,27)(H,24,26). The number of hydrogen-bond acceptors (Lipinski definition) is 5. The lowest BCUT2D eigenvalue weighted by Gasteiger charge is -2.14. The molecule has 29 heavy (non-hydrogen) atoms. The van der Waals surface area contributed by atoms with E-state index in [-0.39, 0.29) is 30.7 Å². The average molecular weight is 428 g/mol. The fourth-order valence-corrected chi connectivity index (χ4v) is 3.23. The molecular formula is C19H19F3N2O4S. The van der Waals surface area contributed by atoms with E-state index in [0.717, 1.165) is 36.3 Å². The summed E-state index contributed by atoms with van der Waals surface area (Å²) < 4.78 is 43.2. The molecule has 1 aromatic carbocycles. The van der Waals surface area contributed by atoms with Crippen molar-refractivity contribution in [2.75, 3.05) is 18.5 Å². The fraction of sp³-hybridized carbons (Fsp3) is 0.368. The first-order chi connectivity index (χ1) is 13.7. The Labute approximate surface area is 168 Å². The van der Waals surface area contributed by atoms with Crippen LogP contribution in [0.5, 0.6) is 5.75 Å². The quantitative estimate of drug-likeness (QED) is 0.602. The predicted octanol–water partition coefficient (Wildman–Crippen LogP) is 3.29. The zero-order valence-corrected chi connectivity index (χ0v) is 16.0. The summed E-state index contributed by atoms with van der Waals surface area (Å²) in [5.74, 6) is -0.457. The number of amides is 2. The highest BCUT2D eigenvalue weighted by molar-refractivity contribution is 7.18. The highest BCUT2D eigenvalue weighted by Crippen LogP contribution is 2.32. The Bertz CT molecular complexity index is 880. The average Bonchev–Trinajstić information content (AvgIpc) is 3.43. The Morgan fingerprint density at radius 2 is 2.00 bits per heavy atom. The predicted molar refractivity (Wildman–Crippen MR) is 101 cm³/mol. The summed E-state index contributed by atoms with van der Waals surface area (Å²) in [7, 11) is 0. The molecule has 3 N–H and O–H groups in total. The number of alkyl halides is 3. The van der Waals surface area contributed by atoms with Crippen LogP contribution in [0, 0.1) is 5.92 Å². The topological polar surface area (TPSA) is 87.7 Å². The number of anilines is 1. The van der Waals surface area contributed by atoms with Crippen molar-refractivity contribution >= 4 is 28.2 Å². The van der Waals surface area contributed by atoms with Gasteiger partial charge in [0.2, 0.25) is 5.91 Å². The van der Waals surface area contributed by atoms with Crippen LogP contribution in [0.3, 0.4) is 0 Å². The van der Waals surface area contributed by atoms with Gasteiger partial charge < -0.3 is 20.5 Å². The molecule has 1 saturated carbocycles. The van der Waals surface area contributed by atoms with Crippen LogP contribution in [-0.2, 0) is 11.0 Å². The van der Waals surface area contributed by atoms with Crippen LogP contribution in [0.15, 0.2) is 36.4 Å². The van der Waals surface area contributed by atoms with Crippen LogP contribution < -0.4 is 15.4 Å². The number of ether oxygens (including phenoxy) is 1. The zero-order valence-electron chi connectivity index (χ0n) is 15.2. The highest BCUT2D eigenvalue weighted by atomic mass is 32.1. The van der Waals surface area contributed by atoms with Crippen LogP contribution in [-0.4, -0.2) is 36.2 Å². The minimum absolute atomic E-state index is 0.0282. The van der Waals surface area contributed by atoms with Crippen LogP contribution in [0.4, 0.5) is 18.2 Å². The van der Waals surface area contributed by atoms with E-state index >= 15 is 0 Å². The Morgan fingerprint density at radius 3 is 2.69 bits per heavy atom. The van der Waals surface area contributed by atoms with E-state index < -0.39 is 23.8 Å². The molecule has 3 rings (SSSR count). The van der Waals surface area contributed by atoms with Crippen molar-refractivity contribution < 1.29 is 32.6 Å². The Kier molecular flexibility index (Phi) is 6.43. The van der Waals surface area contributed by atoms with Crippen molar-refractivity contribution in [2.24, 2.45) is 5.92 Å². The molecule has 1 aromatic heterocycles. The van der Waals surface area contributed by atoms with Crippen molar-refractivity contribution in [3.8, 4) is 5.75 Å². The lowest BCUT2D eigenvalue weighted by atomic mass is 10.2. The van der Waals surface area contributed by atoms with E-state index in [1.165, 1.54) is 12.1 Å². The third-order valence-corrected chi connectivity index (χ3v) is 5.13. The molecule has 1 unspecified atom stereocenters. The molecule has 0 spiro atoms. The van der Waals surface area contributed by atoms with Crippen LogP contribution in [0.1, 0.15) is 28.1 Å². The normalized spacial score (nSPS) is 14.9. The summed E-state index contributed by atoms with van der Waals surface area (Å²) in [5, 5.41) is 15.8. The van der Waals surface area contributed by atoms with Gasteiger partial charge in [-0.2, -0.15) is 13.2 Å². The van der Waals surface area contributed by atoms with E-state index in [4.69, 9.17) is 4.74 Å². The number of aliphatic hydroxyl groups is 1. The minimum Gasteiger partial charge on any atom is -0.491 e. The summed E-state index contributed by atoms with van der Waals surface area (Å²) in [6.45, 7) is -0.422. The van der Waals surface area contributed by atoms with Crippen LogP contribution in [0.25, 0.3) is 0 Å². The molecule has 0 bridgehead atoms. The van der Waals surface area contributed by atoms with Crippen molar-refractivity contribution in [3.05, 3.63) is 46.8 Å². The first kappa shape index (κ1) is 21.1. The Balaban J connectivity index is 1.43. The minimum atomic E-state index is -4.48. The molecule has 1 aliphatic carbocycles. The van der Waals surface area contributed by atoms with E-state index in [2.05, 4.69) is 10.6 Å². The highest BCUT2D eigenvalue weighted by Gasteiger charge is 2.31. The third-order valence-electron chi connectivity index (χ3n) is 4.13. The number of nitrogens with one attached hydrogen (secondary N) is 2. The number of benzene rings is 1. The van der Waals surface area contributed by atoms with Crippen molar-refractivity contribution in [3.63, 3.8) is 0 Å². The van der Waals surface area contributed by atoms with E-state index in [1.807, 2.05) is 0 Å². The van der Waals surface area contributed by atoms with Gasteiger partial charge in [-0.3, -0.25) is 9.59 Å². The second-order valence-corrected chi connectivity index (χ2v) is 7.71. The molecule has 6 nitrogen and oxygen atoms in total. The van der Waals surface area contributed by atoms with Gasteiger partial charge in [0.15, 0.2) is 0 Å². The van der Waals surface area contributed by atoms with Gasteiger partial charge in [0.05, 0.1) is 15.4 Å². The molecule has 1 heterocycles. The second-order valence-electron chi connectivity index (χ2n) is 6.63. The Hall–Kier alpha value is -2.59. The molecule has 1 aliphatic rings. The molecule has 2 aromatic rings. The second kappa shape index (κ2) is 8.83. The zero-order chi connectivity index (χ0) is 21.0. The number of carbonyl (C=O) groups excluding carboxylic acids is 2. The van der Waals surface area contributed by atoms with E-state index in [9.17, 15) is 27.9 Å². The molecule has 0 aliphatic heterocycles. The monoisotopic (exact) mass is 428 g/mol. The summed E-state index contributed by atoms with van der Waals surface area (Å²) in [6.07, 6.45) is -3.83. The molecule has 0 saturated heterocycles. The maximum atomic E-state index is 12.7. The first-order valence-electron chi connectivity index (χ1n) is 8.89. The van der Waals surface area contributed by atoms with Gasteiger partial charge in [-0.05, 0) is 43.2 Å². The molecule has 0 radical (unpaired) electrons. The number of thiophene rings is 1. The van der Waals surface area contributed by atoms with Gasteiger partial charge in [-0.1, -0.05) is 6.07 Å². The van der Waals surface area contributed by atoms with E-state index in [0.29, 0.717) is 9.88 Å². The van der Waals surface area contributed by atoms with Crippen molar-refractivity contribution in [2.45, 2.75) is 25.1 Å². The van der Waals surface area contributed by atoms with Gasteiger partial charge in [0.1, 0.15) is 18.5 Å². The van der Waals surface area contributed by atoms with Crippen molar-refractivity contribution in [1.82, 2.24) is 5.32 Å². The summed E-state index contributed by atoms with van der Waals surface area (Å²) in [5.41, 5.74) is -0.847. The lowest BCUT2D eigenvalue weighted by molar-refractivity contribution is -0.137. The SMILES string of the molecule is O=C(NCC(O)COc1cccc(C(F)(F)F)c1)c1ccc(NC(=O)C2CC2)s1. The first-order valence-corrected chi connectivity index (χ1v) is 9.71. The van der Waals surface area contributed by atoms with Crippen LogP contribution in [0.2, 0.25) is 0 Å². The Morgan fingerprint density at radius 1 is 1.24 bits per heavy atom. The molecule has 10 heteroatoms. The molecule has 2 amide bonds. The van der Waals surface area contributed by atoms with Gasteiger partial charge in [0, 0.05) is 12.5 Å². The molecule has 1 atom stereocenters. The maximum absolute atomic E-state index is 12.7. The van der Waals surface area contributed by atoms with Gasteiger partial charge >= 0.3 is 6.18 Å². The number of carbonyl (C=O) groups is 2. The fourth-order valence-electron chi connectivity index (χ4n) is 2.41. The van der Waals surface area contributed by atoms with E-state index in [1.54, 1.807) is 12.1 Å². The largest absolute Gasteiger partial charge is 0.491 e. The van der Waals surface area contributed by atoms with Gasteiger partial charge in [0.25, 0.3) is 5.91 Å². The lowest BCUT2D eigenvalue weighted by Crippen LogP contribution is -2.35. The summed E-state index contributed by atoms with van der Waals surface area (Å²) >= 11 is 1.12. The van der Waals surface area contributed by atoms with Gasteiger partial charge in [-0.25, -0.2) is 0 Å². The summed E-state index contributed by atoms with van der Waals surface area (Å²) in [6, 6.07) is 7.52. The third kappa shape index (κ3) is 6.20. The van der Waals surface area contributed by atoms with Gasteiger partial charge in [-0.15, -0.1) is 11.3 Å². The molecule has 1 fully saturated rings. The number of halogens is 3. The smallest absolute Gasteiger partial charge is 0.416 e. The number of hydrogen-bond donors (Lipinski definition) is 3. The summed E-state index contributed by atoms with van der Waals surface area (Å²) in [4.78, 5) is 24.2. The number of rotatable bonds is 8.